The predicted molar refractivity (Wildman–Crippen MR) is 119 cm³/mol. The Hall–Kier alpha value is -2.04. The van der Waals surface area contributed by atoms with Crippen LogP contribution in [0.15, 0.2) is 18.2 Å². The van der Waals surface area contributed by atoms with Gasteiger partial charge in [0.2, 0.25) is 11.8 Å². The van der Waals surface area contributed by atoms with Crippen LogP contribution < -0.4 is 10.2 Å². The minimum Gasteiger partial charge on any atom is -0.377 e. The smallest absolute Gasteiger partial charge is 0.228 e. The molecular formula is C23H39N3O2. The topological polar surface area (TPSA) is 52.7 Å². The van der Waals surface area contributed by atoms with Gasteiger partial charge in [0.25, 0.3) is 0 Å². The van der Waals surface area contributed by atoms with Crippen molar-refractivity contribution in [2.75, 3.05) is 24.3 Å². The summed E-state index contributed by atoms with van der Waals surface area (Å²) in [6, 6.07) is 6.02. The highest BCUT2D eigenvalue weighted by Gasteiger charge is 2.32. The molecule has 0 saturated heterocycles. The van der Waals surface area contributed by atoms with Crippen LogP contribution in [-0.2, 0) is 16.1 Å². The first-order valence-electron chi connectivity index (χ1n) is 10.2. The van der Waals surface area contributed by atoms with Crippen LogP contribution in [-0.4, -0.2) is 36.9 Å². The second-order valence-electron chi connectivity index (χ2n) is 9.55. The summed E-state index contributed by atoms with van der Waals surface area (Å²) >= 11 is 0. The summed E-state index contributed by atoms with van der Waals surface area (Å²) in [5.74, 6) is 0.381. The minimum atomic E-state index is -0.453. The fourth-order valence-electron chi connectivity index (χ4n) is 2.89. The molecular weight excluding hydrogens is 350 g/mol. The van der Waals surface area contributed by atoms with Gasteiger partial charge in [-0.1, -0.05) is 48.5 Å². The lowest BCUT2D eigenvalue weighted by atomic mass is 9.92. The van der Waals surface area contributed by atoms with Crippen molar-refractivity contribution in [1.82, 2.24) is 4.90 Å². The van der Waals surface area contributed by atoms with Gasteiger partial charge in [0, 0.05) is 49.4 Å². The van der Waals surface area contributed by atoms with E-state index in [1.807, 2.05) is 76.7 Å². The fourth-order valence-corrected chi connectivity index (χ4v) is 2.89. The maximum Gasteiger partial charge on any atom is 0.228 e. The van der Waals surface area contributed by atoms with Gasteiger partial charge in [0.1, 0.15) is 0 Å². The number of anilines is 2. The number of rotatable bonds is 7. The van der Waals surface area contributed by atoms with E-state index >= 15 is 0 Å². The van der Waals surface area contributed by atoms with E-state index in [4.69, 9.17) is 0 Å². The Morgan fingerprint density at radius 2 is 1.61 bits per heavy atom. The average Bonchev–Trinajstić information content (AvgIpc) is 2.57. The van der Waals surface area contributed by atoms with Crippen molar-refractivity contribution in [3.8, 4) is 0 Å². The molecule has 0 radical (unpaired) electrons. The van der Waals surface area contributed by atoms with Crippen molar-refractivity contribution in [3.63, 3.8) is 0 Å². The van der Waals surface area contributed by atoms with Crippen LogP contribution in [0.5, 0.6) is 0 Å². The summed E-state index contributed by atoms with van der Waals surface area (Å²) in [6.07, 6.45) is 0. The first kappa shape index (κ1) is 24.0. The van der Waals surface area contributed by atoms with Crippen LogP contribution >= 0.6 is 0 Å². The number of benzene rings is 1. The quantitative estimate of drug-likeness (QED) is 0.731. The molecule has 0 fully saturated rings. The number of amides is 2. The van der Waals surface area contributed by atoms with Crippen molar-refractivity contribution < 1.29 is 9.59 Å². The molecule has 1 aromatic carbocycles. The maximum absolute atomic E-state index is 13.2. The molecule has 28 heavy (non-hydrogen) atoms. The van der Waals surface area contributed by atoms with E-state index in [2.05, 4.69) is 26.1 Å². The van der Waals surface area contributed by atoms with Gasteiger partial charge in [-0.05, 0) is 36.6 Å². The number of carbonyl (C=O) groups is 2. The standard InChI is InChI=1S/C23H39N3O2/c1-15(2)17(5)26(22(28)23(6,7)8)14-18-13-19(24-21(27)16(3)4)11-12-20(18)25(9)10/h11-13,15-17H,14H2,1-10H3,(H,24,27)/t17-/m0/s1. The van der Waals surface area contributed by atoms with E-state index in [9.17, 15) is 9.59 Å². The van der Waals surface area contributed by atoms with Crippen molar-refractivity contribution in [2.24, 2.45) is 17.3 Å². The average molecular weight is 390 g/mol. The third kappa shape index (κ3) is 6.25. The Kier molecular flexibility index (Phi) is 8.09. The first-order chi connectivity index (χ1) is 12.8. The van der Waals surface area contributed by atoms with Gasteiger partial charge >= 0.3 is 0 Å². The van der Waals surface area contributed by atoms with Gasteiger partial charge in [0.05, 0.1) is 0 Å². The monoisotopic (exact) mass is 389 g/mol. The highest BCUT2D eigenvalue weighted by molar-refractivity contribution is 5.92. The number of hydrogen-bond donors (Lipinski definition) is 1. The molecule has 1 aromatic rings. The zero-order chi connectivity index (χ0) is 21.8. The van der Waals surface area contributed by atoms with Gasteiger partial charge in [0.15, 0.2) is 0 Å². The number of hydrogen-bond acceptors (Lipinski definition) is 3. The number of nitrogens with one attached hydrogen (secondary N) is 1. The molecule has 1 atom stereocenters. The highest BCUT2D eigenvalue weighted by Crippen LogP contribution is 2.29. The Morgan fingerprint density at radius 1 is 1.04 bits per heavy atom. The van der Waals surface area contributed by atoms with Gasteiger partial charge in [-0.15, -0.1) is 0 Å². The zero-order valence-corrected chi connectivity index (χ0v) is 19.4. The molecule has 0 aliphatic rings. The summed E-state index contributed by atoms with van der Waals surface area (Å²) in [4.78, 5) is 29.3. The molecule has 5 nitrogen and oxygen atoms in total. The normalized spacial score (nSPS) is 12.9. The molecule has 5 heteroatoms. The van der Waals surface area contributed by atoms with E-state index in [1.54, 1.807) is 0 Å². The van der Waals surface area contributed by atoms with Gasteiger partial charge in [-0.2, -0.15) is 0 Å². The highest BCUT2D eigenvalue weighted by atomic mass is 16.2. The molecule has 0 unspecified atom stereocenters. The molecule has 0 aliphatic heterocycles. The van der Waals surface area contributed by atoms with E-state index in [0.29, 0.717) is 12.5 Å². The van der Waals surface area contributed by atoms with Gasteiger partial charge in [-0.25, -0.2) is 0 Å². The Balaban J connectivity index is 3.35. The van der Waals surface area contributed by atoms with Crippen LogP contribution in [0.25, 0.3) is 0 Å². The summed E-state index contributed by atoms with van der Waals surface area (Å²) in [5, 5.41) is 2.97. The second-order valence-corrected chi connectivity index (χ2v) is 9.55. The predicted octanol–water partition coefficient (Wildman–Crippen LogP) is 4.77. The third-order valence-electron chi connectivity index (χ3n) is 5.05. The lowest BCUT2D eigenvalue weighted by molar-refractivity contribution is -0.143. The Bertz CT molecular complexity index is 688. The van der Waals surface area contributed by atoms with Crippen molar-refractivity contribution in [3.05, 3.63) is 23.8 Å². The molecule has 0 aromatic heterocycles. The largest absolute Gasteiger partial charge is 0.377 e. The molecule has 158 valence electrons. The molecule has 0 saturated carbocycles. The van der Waals surface area contributed by atoms with Crippen LogP contribution in [0.3, 0.4) is 0 Å². The molecule has 0 aliphatic carbocycles. The third-order valence-corrected chi connectivity index (χ3v) is 5.05. The first-order valence-corrected chi connectivity index (χ1v) is 10.2. The maximum atomic E-state index is 13.2. The van der Waals surface area contributed by atoms with E-state index in [1.165, 1.54) is 0 Å². The summed E-state index contributed by atoms with van der Waals surface area (Å²) in [7, 11) is 3.99. The molecule has 2 amide bonds. The molecule has 0 heterocycles. The summed E-state index contributed by atoms with van der Waals surface area (Å²) in [6.45, 7) is 16.5. The van der Waals surface area contributed by atoms with Crippen LogP contribution in [0.2, 0.25) is 0 Å². The van der Waals surface area contributed by atoms with Gasteiger partial charge in [-0.3, -0.25) is 9.59 Å². The lowest BCUT2D eigenvalue weighted by Crippen LogP contribution is -2.46. The molecule has 0 bridgehead atoms. The van der Waals surface area contributed by atoms with E-state index in [0.717, 1.165) is 16.9 Å². The molecule has 0 spiro atoms. The van der Waals surface area contributed by atoms with Crippen molar-refractivity contribution in [2.45, 2.75) is 68.0 Å². The second kappa shape index (κ2) is 9.44. The van der Waals surface area contributed by atoms with E-state index < -0.39 is 5.41 Å². The summed E-state index contributed by atoms with van der Waals surface area (Å²) in [5.41, 5.74) is 2.38. The summed E-state index contributed by atoms with van der Waals surface area (Å²) < 4.78 is 0. The van der Waals surface area contributed by atoms with Gasteiger partial charge < -0.3 is 15.1 Å². The Morgan fingerprint density at radius 3 is 2.04 bits per heavy atom. The Labute approximate surface area is 171 Å². The number of carbonyl (C=O) groups excluding carboxylic acids is 2. The SMILES string of the molecule is CC(C)C(=O)Nc1ccc(N(C)C)c(CN(C(=O)C(C)(C)C)[C@@H](C)C(C)C)c1. The molecule has 1 rings (SSSR count). The van der Waals surface area contributed by atoms with Crippen molar-refractivity contribution in [1.29, 1.82) is 0 Å². The van der Waals surface area contributed by atoms with Crippen LogP contribution in [0, 0.1) is 17.3 Å². The number of nitrogens with zero attached hydrogens (tertiary/aromatic N) is 2. The minimum absolute atomic E-state index is 0.0123. The zero-order valence-electron chi connectivity index (χ0n) is 19.4. The van der Waals surface area contributed by atoms with E-state index in [-0.39, 0.29) is 23.8 Å². The van der Waals surface area contributed by atoms with Crippen LogP contribution in [0.1, 0.15) is 61.0 Å². The van der Waals surface area contributed by atoms with Crippen molar-refractivity contribution >= 4 is 23.2 Å². The fraction of sp³-hybridized carbons (Fsp3) is 0.652. The van der Waals surface area contributed by atoms with Crippen LogP contribution in [0.4, 0.5) is 11.4 Å². The lowest BCUT2D eigenvalue weighted by Gasteiger charge is -2.37. The molecule has 1 N–H and O–H groups in total.